The quantitative estimate of drug-likeness (QED) is 0.783. The summed E-state index contributed by atoms with van der Waals surface area (Å²) in [6.07, 6.45) is 0.773. The van der Waals surface area contributed by atoms with Crippen LogP contribution in [0.4, 0.5) is 0 Å². The molecule has 17 heavy (non-hydrogen) atoms. The second-order valence-corrected chi connectivity index (χ2v) is 5.20. The molecule has 0 fully saturated rings. The minimum absolute atomic E-state index is 0.198. The molecule has 1 unspecified atom stereocenters. The number of hydrogen-bond acceptors (Lipinski definition) is 3. The normalized spacial score (nSPS) is 12.7. The van der Waals surface area contributed by atoms with E-state index in [0.29, 0.717) is 11.7 Å². The first-order valence-corrected chi connectivity index (χ1v) is 6.59. The molecular formula is C12H12BrClN2O. The number of aromatic nitrogens is 2. The smallest absolute Gasteiger partial charge is 0.259 e. The van der Waals surface area contributed by atoms with Crippen LogP contribution in [0.25, 0.3) is 11.5 Å². The van der Waals surface area contributed by atoms with Crippen molar-refractivity contribution in [2.45, 2.75) is 25.6 Å². The maximum absolute atomic E-state index is 6.07. The van der Waals surface area contributed by atoms with E-state index >= 15 is 0 Å². The number of rotatable bonds is 3. The summed E-state index contributed by atoms with van der Waals surface area (Å²) in [7, 11) is 0. The highest BCUT2D eigenvalue weighted by Crippen LogP contribution is 2.30. The maximum Gasteiger partial charge on any atom is 0.259 e. The zero-order valence-electron chi connectivity index (χ0n) is 9.58. The number of nitrogens with zero attached hydrogens (tertiary/aromatic N) is 2. The Morgan fingerprint density at radius 2 is 2.24 bits per heavy atom. The van der Waals surface area contributed by atoms with Crippen LogP contribution in [-0.4, -0.2) is 10.1 Å². The van der Waals surface area contributed by atoms with Gasteiger partial charge in [-0.15, -0.1) is 11.6 Å². The van der Waals surface area contributed by atoms with Gasteiger partial charge in [-0.25, -0.2) is 0 Å². The van der Waals surface area contributed by atoms with Gasteiger partial charge < -0.3 is 4.52 Å². The third-order valence-corrected chi connectivity index (χ3v) is 3.63. The Morgan fingerprint density at radius 3 is 2.94 bits per heavy atom. The molecule has 5 heteroatoms. The van der Waals surface area contributed by atoms with Crippen molar-refractivity contribution in [3.63, 3.8) is 0 Å². The molecule has 0 N–H and O–H groups in total. The second-order valence-electron chi connectivity index (χ2n) is 3.82. The van der Waals surface area contributed by atoms with E-state index in [1.165, 1.54) is 0 Å². The zero-order chi connectivity index (χ0) is 12.4. The van der Waals surface area contributed by atoms with Gasteiger partial charge in [-0.2, -0.15) is 4.98 Å². The van der Waals surface area contributed by atoms with Crippen molar-refractivity contribution in [3.8, 4) is 11.5 Å². The van der Waals surface area contributed by atoms with Crippen LogP contribution in [0, 0.1) is 6.92 Å². The minimum atomic E-state index is -0.198. The lowest BCUT2D eigenvalue weighted by molar-refractivity contribution is 0.421. The first-order valence-electron chi connectivity index (χ1n) is 5.36. The first-order chi connectivity index (χ1) is 8.11. The van der Waals surface area contributed by atoms with Crippen LogP contribution in [0.5, 0.6) is 0 Å². The van der Waals surface area contributed by atoms with E-state index in [2.05, 4.69) is 26.1 Å². The molecule has 0 aliphatic heterocycles. The van der Waals surface area contributed by atoms with Gasteiger partial charge in [-0.1, -0.05) is 23.7 Å². The van der Waals surface area contributed by atoms with Gasteiger partial charge in [0.1, 0.15) is 0 Å². The molecule has 0 radical (unpaired) electrons. The maximum atomic E-state index is 6.07. The molecule has 2 aromatic rings. The van der Waals surface area contributed by atoms with Gasteiger partial charge in [0.15, 0.2) is 5.82 Å². The van der Waals surface area contributed by atoms with Crippen molar-refractivity contribution in [3.05, 3.63) is 34.1 Å². The number of hydrogen-bond donors (Lipinski definition) is 0. The van der Waals surface area contributed by atoms with Crippen LogP contribution in [0.1, 0.15) is 30.1 Å². The fourth-order valence-electron chi connectivity index (χ4n) is 1.46. The van der Waals surface area contributed by atoms with Crippen molar-refractivity contribution in [1.82, 2.24) is 10.1 Å². The van der Waals surface area contributed by atoms with Gasteiger partial charge in [0.05, 0.1) is 10.9 Å². The molecule has 0 saturated carbocycles. The van der Waals surface area contributed by atoms with Gasteiger partial charge in [-0.3, -0.25) is 0 Å². The first kappa shape index (κ1) is 12.6. The monoisotopic (exact) mass is 314 g/mol. The van der Waals surface area contributed by atoms with E-state index in [0.717, 1.165) is 22.0 Å². The van der Waals surface area contributed by atoms with E-state index in [9.17, 15) is 0 Å². The van der Waals surface area contributed by atoms with Crippen molar-refractivity contribution in [2.75, 3.05) is 0 Å². The molecule has 3 nitrogen and oxygen atoms in total. The number of halogens is 2. The summed E-state index contributed by atoms with van der Waals surface area (Å²) >= 11 is 9.54. The Bertz CT molecular complexity index is 527. The average Bonchev–Trinajstić information content (AvgIpc) is 2.80. The van der Waals surface area contributed by atoms with E-state index < -0.39 is 0 Å². The van der Waals surface area contributed by atoms with Crippen LogP contribution in [0.2, 0.25) is 0 Å². The summed E-state index contributed by atoms with van der Waals surface area (Å²) in [5.74, 6) is 1.03. The van der Waals surface area contributed by atoms with E-state index in [4.69, 9.17) is 16.1 Å². The fraction of sp³-hybridized carbons (Fsp3) is 0.333. The molecule has 0 aliphatic carbocycles. The second kappa shape index (κ2) is 5.19. The predicted octanol–water partition coefficient (Wildman–Crippen LogP) is 4.50. The van der Waals surface area contributed by atoms with Crippen LogP contribution in [0.15, 0.2) is 27.2 Å². The fourth-order valence-corrected chi connectivity index (χ4v) is 1.96. The third kappa shape index (κ3) is 2.69. The largest absolute Gasteiger partial charge is 0.334 e. The van der Waals surface area contributed by atoms with E-state index in [1.807, 2.05) is 32.0 Å². The Labute approximate surface area is 113 Å². The molecule has 1 aromatic carbocycles. The molecule has 1 atom stereocenters. The Morgan fingerprint density at radius 1 is 1.47 bits per heavy atom. The lowest BCUT2D eigenvalue weighted by Crippen LogP contribution is -1.91. The summed E-state index contributed by atoms with van der Waals surface area (Å²) < 4.78 is 6.17. The molecular weight excluding hydrogens is 304 g/mol. The lowest BCUT2D eigenvalue weighted by atomic mass is 10.1. The highest BCUT2D eigenvalue weighted by atomic mass is 79.9. The van der Waals surface area contributed by atoms with Gasteiger partial charge in [0.2, 0.25) is 0 Å². The average molecular weight is 316 g/mol. The molecule has 0 spiro atoms. The summed E-state index contributed by atoms with van der Waals surface area (Å²) in [5.41, 5.74) is 2.03. The molecule has 90 valence electrons. The molecule has 0 amide bonds. The Balaban J connectivity index is 2.40. The summed E-state index contributed by atoms with van der Waals surface area (Å²) in [5, 5.41) is 3.70. The molecule has 1 heterocycles. The van der Waals surface area contributed by atoms with Gasteiger partial charge in [-0.05, 0) is 41.4 Å². The number of benzene rings is 1. The molecule has 2 rings (SSSR count). The van der Waals surface area contributed by atoms with Crippen molar-refractivity contribution in [1.29, 1.82) is 0 Å². The van der Waals surface area contributed by atoms with Crippen molar-refractivity contribution in [2.24, 2.45) is 0 Å². The van der Waals surface area contributed by atoms with Crippen molar-refractivity contribution >= 4 is 27.5 Å². The highest BCUT2D eigenvalue weighted by Gasteiger charge is 2.16. The minimum Gasteiger partial charge on any atom is -0.334 e. The van der Waals surface area contributed by atoms with E-state index in [-0.39, 0.29) is 5.38 Å². The van der Waals surface area contributed by atoms with Crippen LogP contribution in [-0.2, 0) is 0 Å². The molecule has 0 aliphatic rings. The van der Waals surface area contributed by atoms with Gasteiger partial charge >= 0.3 is 0 Å². The predicted molar refractivity (Wildman–Crippen MR) is 71.1 cm³/mol. The van der Waals surface area contributed by atoms with Crippen LogP contribution >= 0.6 is 27.5 Å². The van der Waals surface area contributed by atoms with Crippen LogP contribution < -0.4 is 0 Å². The van der Waals surface area contributed by atoms with E-state index in [1.54, 1.807) is 0 Å². The number of aryl methyl sites for hydroxylation is 1. The number of alkyl halides is 1. The Hall–Kier alpha value is -0.870. The van der Waals surface area contributed by atoms with Crippen LogP contribution in [0.3, 0.4) is 0 Å². The highest BCUT2D eigenvalue weighted by molar-refractivity contribution is 9.10. The van der Waals surface area contributed by atoms with Crippen molar-refractivity contribution < 1.29 is 4.52 Å². The topological polar surface area (TPSA) is 38.9 Å². The summed E-state index contributed by atoms with van der Waals surface area (Å²) in [4.78, 5) is 4.31. The summed E-state index contributed by atoms with van der Waals surface area (Å²) in [6.45, 7) is 4.00. The SMILES string of the molecule is CCC(Cl)c1noc(-c2cc(C)ccc2Br)n1. The Kier molecular flexibility index (Phi) is 3.84. The zero-order valence-corrected chi connectivity index (χ0v) is 11.9. The summed E-state index contributed by atoms with van der Waals surface area (Å²) in [6, 6.07) is 5.98. The van der Waals surface area contributed by atoms with Gasteiger partial charge in [0.25, 0.3) is 5.89 Å². The molecule has 1 aromatic heterocycles. The lowest BCUT2D eigenvalue weighted by Gasteiger charge is -2.00. The standard InChI is InChI=1S/C12H12BrClN2O/c1-3-10(14)11-15-12(17-16-11)8-6-7(2)4-5-9(8)13/h4-6,10H,3H2,1-2H3. The molecule has 0 bridgehead atoms. The van der Waals surface area contributed by atoms with Gasteiger partial charge in [0, 0.05) is 4.47 Å². The third-order valence-electron chi connectivity index (χ3n) is 2.43. The molecule has 0 saturated heterocycles.